The maximum atomic E-state index is 12.2. The number of nitrogens with two attached hydrogens (primary N) is 1. The minimum atomic E-state index is -0.0485. The highest BCUT2D eigenvalue weighted by atomic mass is 16.5. The molecule has 1 aliphatic heterocycles. The fraction of sp³-hybridized carbons (Fsp3) is 0.615. The zero-order valence-corrected chi connectivity index (χ0v) is 11.0. The summed E-state index contributed by atoms with van der Waals surface area (Å²) in [7, 11) is 0. The Morgan fingerprint density at radius 3 is 3.11 bits per heavy atom. The second-order valence-electron chi connectivity index (χ2n) is 4.82. The van der Waals surface area contributed by atoms with Crippen LogP contribution in [-0.4, -0.2) is 29.2 Å². The van der Waals surface area contributed by atoms with Crippen LogP contribution in [0.5, 0.6) is 0 Å². The third kappa shape index (κ3) is 2.85. The number of ether oxygens (including phenoxy) is 1. The van der Waals surface area contributed by atoms with Crippen LogP contribution in [0, 0.1) is 0 Å². The highest BCUT2D eigenvalue weighted by Gasteiger charge is 2.22. The number of anilines is 1. The van der Waals surface area contributed by atoms with Crippen LogP contribution < -0.4 is 11.1 Å². The van der Waals surface area contributed by atoms with Crippen molar-refractivity contribution in [3.05, 3.63) is 18.0 Å². The lowest BCUT2D eigenvalue weighted by Gasteiger charge is -2.28. The van der Waals surface area contributed by atoms with Crippen LogP contribution in [-0.2, 0) is 11.3 Å². The first-order valence-corrected chi connectivity index (χ1v) is 6.48. The Labute approximate surface area is 107 Å². The van der Waals surface area contributed by atoms with E-state index in [0.29, 0.717) is 18.0 Å². The summed E-state index contributed by atoms with van der Waals surface area (Å²) in [5.74, 6) is -0.0485. The van der Waals surface area contributed by atoms with Gasteiger partial charge in [-0.25, -0.2) is 0 Å². The fourth-order valence-corrected chi connectivity index (χ4v) is 2.37. The van der Waals surface area contributed by atoms with Crippen molar-refractivity contribution >= 4 is 11.6 Å². The minimum Gasteiger partial charge on any atom is -0.397 e. The molecule has 2 heterocycles. The number of amides is 1. The number of nitrogen functional groups attached to an aromatic ring is 1. The largest absolute Gasteiger partial charge is 0.397 e. The van der Waals surface area contributed by atoms with Crippen LogP contribution in [0.4, 0.5) is 5.69 Å². The standard InChI is InChI=1S/C13H21N3O2/c1-3-16-8-10(14)7-12(16)13(17)15-11-4-5-18-9(2)6-11/h7-9,11H,3-6,14H2,1-2H3,(H,15,17). The molecule has 0 bridgehead atoms. The van der Waals surface area contributed by atoms with E-state index in [-0.39, 0.29) is 18.1 Å². The van der Waals surface area contributed by atoms with Gasteiger partial charge in [0.25, 0.3) is 5.91 Å². The Balaban J connectivity index is 2.02. The van der Waals surface area contributed by atoms with Crippen LogP contribution in [0.3, 0.4) is 0 Å². The number of aryl methyl sites for hydroxylation is 1. The molecule has 3 N–H and O–H groups in total. The molecule has 1 saturated heterocycles. The van der Waals surface area contributed by atoms with Gasteiger partial charge in [-0.15, -0.1) is 0 Å². The van der Waals surface area contributed by atoms with E-state index in [1.54, 1.807) is 12.3 Å². The molecule has 0 aromatic carbocycles. The molecule has 2 rings (SSSR count). The summed E-state index contributed by atoms with van der Waals surface area (Å²) in [5, 5.41) is 3.06. The number of carbonyl (C=O) groups excluding carboxylic acids is 1. The molecule has 5 heteroatoms. The van der Waals surface area contributed by atoms with Crippen molar-refractivity contribution in [2.75, 3.05) is 12.3 Å². The Bertz CT molecular complexity index is 428. The highest BCUT2D eigenvalue weighted by Crippen LogP contribution is 2.15. The van der Waals surface area contributed by atoms with Gasteiger partial charge >= 0.3 is 0 Å². The molecular formula is C13H21N3O2. The normalized spacial score (nSPS) is 23.9. The number of carbonyl (C=O) groups is 1. The lowest BCUT2D eigenvalue weighted by atomic mass is 10.0. The van der Waals surface area contributed by atoms with Gasteiger partial charge in [0, 0.05) is 25.4 Å². The summed E-state index contributed by atoms with van der Waals surface area (Å²) in [6, 6.07) is 1.92. The number of aromatic nitrogens is 1. The van der Waals surface area contributed by atoms with Crippen molar-refractivity contribution in [1.82, 2.24) is 9.88 Å². The first kappa shape index (κ1) is 13.0. The molecule has 100 valence electrons. The van der Waals surface area contributed by atoms with Crippen LogP contribution in [0.25, 0.3) is 0 Å². The summed E-state index contributed by atoms with van der Waals surface area (Å²) >= 11 is 0. The SMILES string of the molecule is CCn1cc(N)cc1C(=O)NC1CCOC(C)C1. The Morgan fingerprint density at radius 2 is 2.44 bits per heavy atom. The molecule has 1 aromatic heterocycles. The van der Waals surface area contributed by atoms with Gasteiger partial charge in [0.1, 0.15) is 5.69 Å². The lowest BCUT2D eigenvalue weighted by Crippen LogP contribution is -2.41. The molecule has 2 unspecified atom stereocenters. The van der Waals surface area contributed by atoms with Crippen LogP contribution in [0.15, 0.2) is 12.3 Å². The molecule has 1 aromatic rings. The second-order valence-corrected chi connectivity index (χ2v) is 4.82. The summed E-state index contributed by atoms with van der Waals surface area (Å²) in [5.41, 5.74) is 6.99. The number of nitrogens with zero attached hydrogens (tertiary/aromatic N) is 1. The molecule has 0 aliphatic carbocycles. The van der Waals surface area contributed by atoms with E-state index in [1.807, 2.05) is 18.4 Å². The quantitative estimate of drug-likeness (QED) is 0.853. The van der Waals surface area contributed by atoms with Gasteiger partial charge in [-0.05, 0) is 32.8 Å². The zero-order valence-electron chi connectivity index (χ0n) is 11.0. The molecule has 2 atom stereocenters. The van der Waals surface area contributed by atoms with E-state index < -0.39 is 0 Å². The van der Waals surface area contributed by atoms with Gasteiger partial charge in [0.2, 0.25) is 0 Å². The molecule has 0 spiro atoms. The first-order valence-electron chi connectivity index (χ1n) is 6.48. The molecule has 1 aliphatic rings. The number of hydrogen-bond acceptors (Lipinski definition) is 3. The first-order chi connectivity index (χ1) is 8.60. The molecule has 1 amide bonds. The molecule has 18 heavy (non-hydrogen) atoms. The Kier molecular flexibility index (Phi) is 3.91. The summed E-state index contributed by atoms with van der Waals surface area (Å²) in [4.78, 5) is 12.2. The molecule has 1 fully saturated rings. The van der Waals surface area contributed by atoms with Crippen LogP contribution in [0.1, 0.15) is 37.2 Å². The van der Waals surface area contributed by atoms with Crippen LogP contribution >= 0.6 is 0 Å². The summed E-state index contributed by atoms with van der Waals surface area (Å²) < 4.78 is 7.34. The zero-order chi connectivity index (χ0) is 13.1. The van der Waals surface area contributed by atoms with Gasteiger partial charge in [-0.1, -0.05) is 0 Å². The third-order valence-electron chi connectivity index (χ3n) is 3.31. The monoisotopic (exact) mass is 251 g/mol. The van der Waals surface area contributed by atoms with Crippen molar-refractivity contribution in [2.45, 2.75) is 45.4 Å². The maximum absolute atomic E-state index is 12.2. The molecule has 0 radical (unpaired) electrons. The van der Waals surface area contributed by atoms with E-state index in [0.717, 1.165) is 19.4 Å². The Hall–Kier alpha value is -1.49. The number of nitrogens with one attached hydrogen (secondary N) is 1. The predicted molar refractivity (Wildman–Crippen MR) is 70.4 cm³/mol. The lowest BCUT2D eigenvalue weighted by molar-refractivity contribution is 0.0136. The Morgan fingerprint density at radius 1 is 1.67 bits per heavy atom. The molecular weight excluding hydrogens is 230 g/mol. The smallest absolute Gasteiger partial charge is 0.268 e. The second kappa shape index (κ2) is 5.44. The topological polar surface area (TPSA) is 69.3 Å². The number of rotatable bonds is 3. The fourth-order valence-electron chi connectivity index (χ4n) is 2.37. The number of hydrogen-bond donors (Lipinski definition) is 2. The van der Waals surface area contributed by atoms with Gasteiger partial charge in [-0.2, -0.15) is 0 Å². The van der Waals surface area contributed by atoms with Gasteiger partial charge in [-0.3, -0.25) is 4.79 Å². The van der Waals surface area contributed by atoms with E-state index in [2.05, 4.69) is 5.32 Å². The minimum absolute atomic E-state index is 0.0485. The van der Waals surface area contributed by atoms with Crippen LogP contribution in [0.2, 0.25) is 0 Å². The van der Waals surface area contributed by atoms with E-state index in [9.17, 15) is 4.79 Å². The van der Waals surface area contributed by atoms with Gasteiger partial charge in [0.05, 0.1) is 11.8 Å². The van der Waals surface area contributed by atoms with Gasteiger partial charge in [0.15, 0.2) is 0 Å². The molecule has 0 saturated carbocycles. The summed E-state index contributed by atoms with van der Waals surface area (Å²) in [6.45, 7) is 5.48. The van der Waals surface area contributed by atoms with E-state index >= 15 is 0 Å². The van der Waals surface area contributed by atoms with Crippen molar-refractivity contribution in [3.63, 3.8) is 0 Å². The molecule has 5 nitrogen and oxygen atoms in total. The van der Waals surface area contributed by atoms with E-state index in [4.69, 9.17) is 10.5 Å². The average Bonchev–Trinajstić information content (AvgIpc) is 2.70. The maximum Gasteiger partial charge on any atom is 0.268 e. The van der Waals surface area contributed by atoms with Crippen molar-refractivity contribution in [3.8, 4) is 0 Å². The average molecular weight is 251 g/mol. The van der Waals surface area contributed by atoms with Crippen molar-refractivity contribution in [2.24, 2.45) is 0 Å². The van der Waals surface area contributed by atoms with Gasteiger partial charge < -0.3 is 20.4 Å². The summed E-state index contributed by atoms with van der Waals surface area (Å²) in [6.07, 6.45) is 3.75. The highest BCUT2D eigenvalue weighted by molar-refractivity contribution is 5.94. The van der Waals surface area contributed by atoms with E-state index in [1.165, 1.54) is 0 Å². The van der Waals surface area contributed by atoms with Crippen molar-refractivity contribution < 1.29 is 9.53 Å². The third-order valence-corrected chi connectivity index (χ3v) is 3.31. The predicted octanol–water partition coefficient (Wildman–Crippen LogP) is 1.39. The van der Waals surface area contributed by atoms with Crippen molar-refractivity contribution in [1.29, 1.82) is 0 Å².